The predicted octanol–water partition coefficient (Wildman–Crippen LogP) is 1.19. The molecule has 0 radical (unpaired) electrons. The van der Waals surface area contributed by atoms with Crippen LogP contribution in [0, 0.1) is 5.41 Å². The van der Waals surface area contributed by atoms with Crippen LogP contribution in [0.5, 0.6) is 0 Å². The summed E-state index contributed by atoms with van der Waals surface area (Å²) in [5.41, 5.74) is 7.04. The zero-order chi connectivity index (χ0) is 24.0. The van der Waals surface area contributed by atoms with Crippen LogP contribution in [0.15, 0.2) is 60.7 Å². The van der Waals surface area contributed by atoms with Crippen molar-refractivity contribution in [3.8, 4) is 0 Å². The van der Waals surface area contributed by atoms with Crippen LogP contribution in [0.2, 0.25) is 0 Å². The van der Waals surface area contributed by atoms with Crippen molar-refractivity contribution >= 4 is 35.7 Å². The number of nitrogens with one attached hydrogen (secondary N) is 2. The van der Waals surface area contributed by atoms with Gasteiger partial charge in [-0.1, -0.05) is 54.6 Å². The molecule has 1 heterocycles. The normalized spacial score (nSPS) is 14.5. The van der Waals surface area contributed by atoms with E-state index >= 15 is 0 Å². The molecule has 33 heavy (non-hydrogen) atoms. The third kappa shape index (κ3) is 5.62. The van der Waals surface area contributed by atoms with E-state index in [1.807, 2.05) is 0 Å². The third-order valence-corrected chi connectivity index (χ3v) is 5.01. The summed E-state index contributed by atoms with van der Waals surface area (Å²) in [6, 6.07) is 12.7. The number of aliphatic carboxylic acids is 1. The van der Waals surface area contributed by atoms with Crippen LogP contribution in [0.3, 0.4) is 0 Å². The molecule has 10 heteroatoms. The van der Waals surface area contributed by atoms with Crippen LogP contribution in [0.1, 0.15) is 22.7 Å². The summed E-state index contributed by atoms with van der Waals surface area (Å²) in [5.74, 6) is -2.36. The molecule has 1 saturated heterocycles. The maximum Gasteiger partial charge on any atom is 0.331 e. The second-order valence-electron chi connectivity index (χ2n) is 7.28. The van der Waals surface area contributed by atoms with Gasteiger partial charge >= 0.3 is 12.0 Å². The van der Waals surface area contributed by atoms with E-state index in [2.05, 4.69) is 5.32 Å². The van der Waals surface area contributed by atoms with Gasteiger partial charge in [-0.2, -0.15) is 0 Å². The number of nitrogens with zero attached hydrogens (tertiary/aromatic N) is 2. The maximum atomic E-state index is 12.7. The second-order valence-corrected chi connectivity index (χ2v) is 7.28. The van der Waals surface area contributed by atoms with Crippen LogP contribution >= 0.6 is 0 Å². The Kier molecular flexibility index (Phi) is 7.19. The Labute approximate surface area is 189 Å². The number of carboxylic acids is 1. The summed E-state index contributed by atoms with van der Waals surface area (Å²) < 4.78 is 0. The first kappa shape index (κ1) is 23.2. The molecule has 5 N–H and O–H groups in total. The molecular formula is C23H23N5O5. The Hall–Kier alpha value is -4.47. The molecule has 0 bridgehead atoms. The number of carbonyl (C=O) groups excluding carboxylic acids is 3. The van der Waals surface area contributed by atoms with Crippen LogP contribution in [-0.2, 0) is 14.4 Å². The summed E-state index contributed by atoms with van der Waals surface area (Å²) in [6.07, 6.45) is 2.91. The Morgan fingerprint density at radius 3 is 2.39 bits per heavy atom. The molecule has 3 rings (SSSR count). The predicted molar refractivity (Wildman–Crippen MR) is 120 cm³/mol. The fourth-order valence-electron chi connectivity index (χ4n) is 3.35. The molecule has 0 saturated carbocycles. The molecule has 10 nitrogen and oxygen atoms in total. The number of carboxylic acid groups (broad SMARTS) is 1. The fourth-order valence-corrected chi connectivity index (χ4v) is 3.35. The van der Waals surface area contributed by atoms with Gasteiger partial charge in [-0.05, 0) is 17.2 Å². The van der Waals surface area contributed by atoms with Crippen molar-refractivity contribution in [2.75, 3.05) is 19.6 Å². The Morgan fingerprint density at radius 1 is 1.12 bits per heavy atom. The highest BCUT2D eigenvalue weighted by atomic mass is 16.4. The van der Waals surface area contributed by atoms with Crippen molar-refractivity contribution in [3.05, 3.63) is 77.4 Å². The van der Waals surface area contributed by atoms with E-state index in [-0.39, 0.29) is 25.5 Å². The van der Waals surface area contributed by atoms with E-state index in [1.165, 1.54) is 11.0 Å². The van der Waals surface area contributed by atoms with E-state index in [4.69, 9.17) is 11.1 Å². The van der Waals surface area contributed by atoms with Gasteiger partial charge in [-0.15, -0.1) is 0 Å². The number of nitrogens with two attached hydrogens (primary N) is 1. The second kappa shape index (κ2) is 10.2. The topological polar surface area (TPSA) is 157 Å². The van der Waals surface area contributed by atoms with Gasteiger partial charge in [0.15, 0.2) is 6.04 Å². The van der Waals surface area contributed by atoms with E-state index in [1.54, 1.807) is 60.7 Å². The van der Waals surface area contributed by atoms with Gasteiger partial charge < -0.3 is 21.1 Å². The highest BCUT2D eigenvalue weighted by Crippen LogP contribution is 2.26. The number of urea groups is 1. The van der Waals surface area contributed by atoms with E-state index < -0.39 is 29.9 Å². The lowest BCUT2D eigenvalue weighted by Gasteiger charge is -2.23. The number of benzene rings is 2. The molecule has 0 aliphatic carbocycles. The molecule has 2 aromatic rings. The van der Waals surface area contributed by atoms with Crippen molar-refractivity contribution in [2.24, 2.45) is 5.73 Å². The largest absolute Gasteiger partial charge is 0.479 e. The molecule has 4 amide bonds. The minimum absolute atomic E-state index is 0.0461. The molecule has 1 aliphatic rings. The van der Waals surface area contributed by atoms with Gasteiger partial charge in [-0.3, -0.25) is 15.0 Å². The number of amides is 4. The zero-order valence-electron chi connectivity index (χ0n) is 17.6. The van der Waals surface area contributed by atoms with Gasteiger partial charge in [0, 0.05) is 24.7 Å². The van der Waals surface area contributed by atoms with Crippen LogP contribution in [0.25, 0.3) is 6.08 Å². The van der Waals surface area contributed by atoms with E-state index in [0.29, 0.717) is 11.1 Å². The van der Waals surface area contributed by atoms with E-state index in [0.717, 1.165) is 10.5 Å². The van der Waals surface area contributed by atoms with Crippen LogP contribution < -0.4 is 11.1 Å². The van der Waals surface area contributed by atoms with Crippen LogP contribution in [0.4, 0.5) is 4.79 Å². The smallest absolute Gasteiger partial charge is 0.331 e. The quantitative estimate of drug-likeness (QED) is 0.195. The third-order valence-electron chi connectivity index (χ3n) is 5.01. The van der Waals surface area contributed by atoms with Crippen molar-refractivity contribution in [1.29, 1.82) is 5.41 Å². The first-order chi connectivity index (χ1) is 15.8. The molecule has 2 aromatic carbocycles. The maximum absolute atomic E-state index is 12.7. The molecule has 0 spiro atoms. The number of rotatable bonds is 9. The number of hydrogen-bond acceptors (Lipinski definition) is 5. The Balaban J connectivity index is 1.55. The van der Waals surface area contributed by atoms with Gasteiger partial charge in [0.2, 0.25) is 5.91 Å². The minimum Gasteiger partial charge on any atom is -0.479 e. The monoisotopic (exact) mass is 449 g/mol. The number of hydrogen-bond donors (Lipinski definition) is 4. The van der Waals surface area contributed by atoms with Crippen molar-refractivity contribution in [3.63, 3.8) is 0 Å². The molecular weight excluding hydrogens is 426 g/mol. The number of amidine groups is 1. The van der Waals surface area contributed by atoms with Crippen molar-refractivity contribution in [2.45, 2.75) is 6.04 Å². The summed E-state index contributed by atoms with van der Waals surface area (Å²) in [7, 11) is 0. The summed E-state index contributed by atoms with van der Waals surface area (Å²) in [6.45, 7) is -0.124. The Bertz CT molecular complexity index is 1100. The highest BCUT2D eigenvalue weighted by molar-refractivity contribution is 6.05. The van der Waals surface area contributed by atoms with Gasteiger partial charge in [-0.25, -0.2) is 14.5 Å². The van der Waals surface area contributed by atoms with Gasteiger partial charge in [0.1, 0.15) is 12.4 Å². The van der Waals surface area contributed by atoms with Gasteiger partial charge in [0.25, 0.3) is 5.91 Å². The molecule has 1 fully saturated rings. The lowest BCUT2D eigenvalue weighted by molar-refractivity contribution is -0.146. The molecule has 1 aliphatic heterocycles. The molecule has 0 aromatic heterocycles. The zero-order valence-corrected chi connectivity index (χ0v) is 17.6. The van der Waals surface area contributed by atoms with Gasteiger partial charge in [0.05, 0.1) is 0 Å². The SMILES string of the molecule is N=C(N)c1ccc(/C=C/C(=O)NCCN2CC(=O)N(C(C(=O)O)c3ccccc3)C2=O)cc1. The summed E-state index contributed by atoms with van der Waals surface area (Å²) >= 11 is 0. The number of imide groups is 1. The average Bonchev–Trinajstić information content (AvgIpc) is 3.06. The molecule has 1 atom stereocenters. The van der Waals surface area contributed by atoms with E-state index in [9.17, 15) is 24.3 Å². The Morgan fingerprint density at radius 2 is 1.79 bits per heavy atom. The average molecular weight is 449 g/mol. The lowest BCUT2D eigenvalue weighted by Crippen LogP contribution is -2.41. The number of nitrogen functional groups attached to an aromatic ring is 1. The van der Waals surface area contributed by atoms with Crippen molar-refractivity contribution < 1.29 is 24.3 Å². The van der Waals surface area contributed by atoms with Crippen LogP contribution in [-0.4, -0.2) is 64.2 Å². The van der Waals surface area contributed by atoms with Crippen molar-refractivity contribution in [1.82, 2.24) is 15.1 Å². The first-order valence-electron chi connectivity index (χ1n) is 10.1. The number of carbonyl (C=O) groups is 4. The molecule has 170 valence electrons. The summed E-state index contributed by atoms with van der Waals surface area (Å²) in [4.78, 5) is 50.9. The molecule has 1 unspecified atom stereocenters. The minimum atomic E-state index is -1.41. The lowest BCUT2D eigenvalue weighted by atomic mass is 10.1. The summed E-state index contributed by atoms with van der Waals surface area (Å²) in [5, 5.41) is 19.6. The first-order valence-corrected chi connectivity index (χ1v) is 10.1. The highest BCUT2D eigenvalue weighted by Gasteiger charge is 2.43. The fraction of sp³-hybridized carbons (Fsp3) is 0.174. The standard InChI is InChI=1S/C23H23N5O5/c24-21(25)17-9-6-15(7-10-17)8-11-18(29)26-12-13-27-14-19(30)28(23(27)33)20(22(31)32)16-4-2-1-3-5-16/h1-11,20H,12-14H2,(H3,24,25)(H,26,29)(H,31,32)/b11-8+.